The summed E-state index contributed by atoms with van der Waals surface area (Å²) in [5.41, 5.74) is 1.26. The Morgan fingerprint density at radius 3 is 3.11 bits per heavy atom. The summed E-state index contributed by atoms with van der Waals surface area (Å²) in [5, 5.41) is 9.18. The number of fused-ring (bicyclic) bond motifs is 2. The van der Waals surface area contributed by atoms with Crippen molar-refractivity contribution in [2.45, 2.75) is 38.2 Å². The van der Waals surface area contributed by atoms with E-state index in [-0.39, 0.29) is 18.3 Å². The molecule has 0 radical (unpaired) electrons. The van der Waals surface area contributed by atoms with Crippen LogP contribution in [0.4, 0.5) is 0 Å². The van der Waals surface area contributed by atoms with E-state index in [0.717, 1.165) is 25.7 Å². The number of aliphatic hydroxyl groups is 1. The first kappa shape index (κ1) is 12.1. The van der Waals surface area contributed by atoms with Crippen LogP contribution in [0.3, 0.4) is 0 Å². The zero-order valence-corrected chi connectivity index (χ0v) is 10.6. The third-order valence-corrected chi connectivity index (χ3v) is 3.57. The molecular weight excluding hydrogens is 244 g/mol. The topological polar surface area (TPSA) is 59.7 Å². The average molecular weight is 260 g/mol. The Bertz CT molecular complexity index is 609. The number of aliphatic hydroxyl groups excluding tert-OH is 1. The van der Waals surface area contributed by atoms with Gasteiger partial charge in [-0.05, 0) is 37.3 Å². The predicted octanol–water partition coefficient (Wildman–Crippen LogP) is 2.97. The molecule has 1 aliphatic heterocycles. The molecule has 0 bridgehead atoms. The van der Waals surface area contributed by atoms with Gasteiger partial charge in [-0.3, -0.25) is 0 Å². The number of allylic oxidation sites excluding steroid dienone is 1. The highest BCUT2D eigenvalue weighted by molar-refractivity contribution is 5.62. The van der Waals surface area contributed by atoms with Crippen molar-refractivity contribution in [3.05, 3.63) is 45.7 Å². The maximum Gasteiger partial charge on any atom is 0.347 e. The fourth-order valence-corrected chi connectivity index (χ4v) is 2.69. The van der Waals surface area contributed by atoms with E-state index in [2.05, 4.69) is 6.58 Å². The molecule has 1 N–H and O–H groups in total. The third-order valence-electron chi connectivity index (χ3n) is 3.57. The molecule has 19 heavy (non-hydrogen) atoms. The zero-order chi connectivity index (χ0) is 13.4. The minimum Gasteiger partial charge on any atom is -0.512 e. The van der Waals surface area contributed by atoms with Gasteiger partial charge in [0.25, 0.3) is 0 Å². The van der Waals surface area contributed by atoms with E-state index in [1.54, 1.807) is 6.07 Å². The summed E-state index contributed by atoms with van der Waals surface area (Å²) in [7, 11) is 0. The van der Waals surface area contributed by atoms with Gasteiger partial charge in [0.2, 0.25) is 0 Å². The van der Waals surface area contributed by atoms with Crippen LogP contribution in [-0.2, 0) is 6.42 Å². The number of hydrogen-bond donors (Lipinski definition) is 1. The second-order valence-electron chi connectivity index (χ2n) is 5.09. The van der Waals surface area contributed by atoms with Crippen molar-refractivity contribution in [1.82, 2.24) is 0 Å². The summed E-state index contributed by atoms with van der Waals surface area (Å²) < 4.78 is 11.1. The number of ether oxygens (including phenoxy) is 1. The Morgan fingerprint density at radius 2 is 2.32 bits per heavy atom. The summed E-state index contributed by atoms with van der Waals surface area (Å²) in [4.78, 5) is 11.9. The lowest BCUT2D eigenvalue weighted by Gasteiger charge is -2.30. The second kappa shape index (κ2) is 4.61. The van der Waals surface area contributed by atoms with Crippen LogP contribution in [0, 0.1) is 0 Å². The third kappa shape index (κ3) is 2.30. The van der Waals surface area contributed by atoms with Crippen LogP contribution >= 0.6 is 0 Å². The molecule has 1 saturated carbocycles. The molecule has 0 aromatic carbocycles. The van der Waals surface area contributed by atoms with Crippen molar-refractivity contribution >= 4 is 6.08 Å². The highest BCUT2D eigenvalue weighted by atomic mass is 16.5. The van der Waals surface area contributed by atoms with E-state index < -0.39 is 5.63 Å². The molecule has 1 aromatic rings. The van der Waals surface area contributed by atoms with Gasteiger partial charge < -0.3 is 14.3 Å². The molecule has 4 nitrogen and oxygen atoms in total. The summed E-state index contributed by atoms with van der Waals surface area (Å²) in [6.45, 7) is 3.40. The molecule has 1 fully saturated rings. The van der Waals surface area contributed by atoms with Gasteiger partial charge in [-0.15, -0.1) is 0 Å². The molecule has 0 amide bonds. The summed E-state index contributed by atoms with van der Waals surface area (Å²) >= 11 is 0. The minimum absolute atomic E-state index is 0.0344. The van der Waals surface area contributed by atoms with E-state index in [1.165, 1.54) is 5.57 Å². The van der Waals surface area contributed by atoms with Gasteiger partial charge in [0.1, 0.15) is 23.2 Å². The van der Waals surface area contributed by atoms with Crippen molar-refractivity contribution in [2.24, 2.45) is 0 Å². The predicted molar refractivity (Wildman–Crippen MR) is 71.3 cm³/mol. The molecule has 2 aliphatic rings. The quantitative estimate of drug-likeness (QED) is 0.830. The van der Waals surface area contributed by atoms with E-state index in [1.807, 2.05) is 6.08 Å². The Balaban J connectivity index is 2.02. The second-order valence-corrected chi connectivity index (χ2v) is 5.09. The summed E-state index contributed by atoms with van der Waals surface area (Å²) in [5.74, 6) is 0.903. The average Bonchev–Trinajstić information content (AvgIpc) is 2.36. The lowest BCUT2D eigenvalue weighted by atomic mass is 9.89. The van der Waals surface area contributed by atoms with Gasteiger partial charge in [0.05, 0.1) is 12.2 Å². The molecule has 2 heterocycles. The van der Waals surface area contributed by atoms with Gasteiger partial charge in [-0.1, -0.05) is 6.58 Å². The zero-order valence-electron chi connectivity index (χ0n) is 10.6. The van der Waals surface area contributed by atoms with Crippen LogP contribution in [0.1, 0.15) is 37.0 Å². The minimum atomic E-state index is -0.412. The van der Waals surface area contributed by atoms with Crippen LogP contribution in [0.2, 0.25) is 0 Å². The molecule has 4 heteroatoms. The smallest absolute Gasteiger partial charge is 0.347 e. The maximum atomic E-state index is 11.9. The van der Waals surface area contributed by atoms with Crippen molar-refractivity contribution in [3.63, 3.8) is 0 Å². The fraction of sp³-hybridized carbons (Fsp3) is 0.400. The van der Waals surface area contributed by atoms with Crippen LogP contribution in [0.25, 0.3) is 6.08 Å². The highest BCUT2D eigenvalue weighted by Crippen LogP contribution is 2.35. The molecule has 1 aromatic heterocycles. The lowest BCUT2D eigenvalue weighted by Crippen LogP contribution is -2.27. The van der Waals surface area contributed by atoms with Crippen molar-refractivity contribution in [3.8, 4) is 5.75 Å². The molecule has 1 atom stereocenters. The van der Waals surface area contributed by atoms with E-state index in [4.69, 9.17) is 9.15 Å². The first-order valence-electron chi connectivity index (χ1n) is 6.54. The van der Waals surface area contributed by atoms with E-state index in [0.29, 0.717) is 17.1 Å². The molecule has 100 valence electrons. The first-order valence-corrected chi connectivity index (χ1v) is 6.54. The normalized spacial score (nSPS) is 20.8. The van der Waals surface area contributed by atoms with E-state index in [9.17, 15) is 9.90 Å². The lowest BCUT2D eigenvalue weighted by molar-refractivity contribution is 0.197. The molecular formula is C15H16O4. The van der Waals surface area contributed by atoms with Crippen molar-refractivity contribution in [1.29, 1.82) is 0 Å². The summed E-state index contributed by atoms with van der Waals surface area (Å²) in [6, 6.07) is 1.68. The highest BCUT2D eigenvalue weighted by Gasteiger charge is 2.27. The van der Waals surface area contributed by atoms with Gasteiger partial charge in [0, 0.05) is 6.07 Å². The Hall–Kier alpha value is -1.97. The van der Waals surface area contributed by atoms with Crippen LogP contribution in [-0.4, -0.2) is 11.2 Å². The molecule has 1 aliphatic carbocycles. The Morgan fingerprint density at radius 1 is 1.47 bits per heavy atom. The first-order chi connectivity index (χ1) is 9.13. The Kier molecular flexibility index (Phi) is 2.93. The van der Waals surface area contributed by atoms with Crippen molar-refractivity contribution < 1.29 is 14.3 Å². The van der Waals surface area contributed by atoms with Crippen molar-refractivity contribution in [2.75, 3.05) is 0 Å². The van der Waals surface area contributed by atoms with Crippen LogP contribution < -0.4 is 10.4 Å². The largest absolute Gasteiger partial charge is 0.512 e. The van der Waals surface area contributed by atoms with Gasteiger partial charge in [-0.25, -0.2) is 4.79 Å². The monoisotopic (exact) mass is 260 g/mol. The molecule has 3 rings (SSSR count). The SMILES string of the molecule is C=C(O)Cc1cc2c(c(=O)o1)C=C1CCCC[C@@H]1O2. The maximum absolute atomic E-state index is 11.9. The van der Waals surface area contributed by atoms with Gasteiger partial charge in [-0.2, -0.15) is 0 Å². The van der Waals surface area contributed by atoms with Gasteiger partial charge in [0.15, 0.2) is 0 Å². The number of rotatable bonds is 2. The molecule has 0 unspecified atom stereocenters. The molecule has 0 saturated heterocycles. The Labute approximate surface area is 111 Å². The van der Waals surface area contributed by atoms with Crippen LogP contribution in [0.5, 0.6) is 5.75 Å². The number of hydrogen-bond acceptors (Lipinski definition) is 4. The molecule has 0 spiro atoms. The fourth-order valence-electron chi connectivity index (χ4n) is 2.69. The van der Waals surface area contributed by atoms with E-state index >= 15 is 0 Å². The van der Waals surface area contributed by atoms with Gasteiger partial charge >= 0.3 is 5.63 Å². The standard InChI is InChI=1S/C15H16O4/c1-9(16)6-11-8-14-12(15(17)18-11)7-10-4-2-3-5-13(10)19-14/h7-8,13,16H,1-6H2/t13-/m0/s1. The van der Waals surface area contributed by atoms with Crippen LogP contribution in [0.15, 0.2) is 33.2 Å². The summed E-state index contributed by atoms with van der Waals surface area (Å²) in [6.07, 6.45) is 6.41.